The van der Waals surface area contributed by atoms with Crippen molar-refractivity contribution >= 4 is 27.0 Å². The maximum atomic E-state index is 12.8. The minimum absolute atomic E-state index is 0.0397. The molecule has 7 nitrogen and oxygen atoms in total. The minimum atomic E-state index is -3.91. The second kappa shape index (κ2) is 8.81. The van der Waals surface area contributed by atoms with Crippen LogP contribution in [-0.2, 0) is 14.8 Å². The number of esters is 1. The van der Waals surface area contributed by atoms with Gasteiger partial charge >= 0.3 is 11.6 Å². The maximum Gasteiger partial charge on any atom is 0.336 e. The number of nitrogens with one attached hydrogen (secondary N) is 1. The molecule has 0 aliphatic carbocycles. The Morgan fingerprint density at radius 1 is 1.07 bits per heavy atom. The summed E-state index contributed by atoms with van der Waals surface area (Å²) in [6.45, 7) is 5.62. The zero-order chi connectivity index (χ0) is 21.9. The molecule has 1 atom stereocenters. The molecule has 0 aliphatic rings. The summed E-state index contributed by atoms with van der Waals surface area (Å²) in [5, 5.41) is 0.674. The molecule has 0 radical (unpaired) electrons. The van der Waals surface area contributed by atoms with E-state index < -0.39 is 27.7 Å². The van der Waals surface area contributed by atoms with Crippen LogP contribution in [0.15, 0.2) is 68.7 Å². The van der Waals surface area contributed by atoms with E-state index in [2.05, 4.69) is 4.72 Å². The molecule has 1 aromatic heterocycles. The van der Waals surface area contributed by atoms with E-state index >= 15 is 0 Å². The topological polar surface area (TPSA) is 103 Å². The van der Waals surface area contributed by atoms with Gasteiger partial charge in [-0.05, 0) is 49.6 Å². The van der Waals surface area contributed by atoms with Crippen LogP contribution in [0.2, 0.25) is 0 Å². The van der Waals surface area contributed by atoms with Gasteiger partial charge in [-0.2, -0.15) is 4.72 Å². The van der Waals surface area contributed by atoms with Gasteiger partial charge in [0.1, 0.15) is 17.4 Å². The van der Waals surface area contributed by atoms with Gasteiger partial charge in [-0.25, -0.2) is 18.0 Å². The lowest BCUT2D eigenvalue weighted by molar-refractivity contribution is -0.136. The van der Waals surface area contributed by atoms with Gasteiger partial charge in [-0.1, -0.05) is 31.5 Å². The Bertz CT molecular complexity index is 1210. The molecule has 0 saturated heterocycles. The van der Waals surface area contributed by atoms with Gasteiger partial charge in [0, 0.05) is 17.5 Å². The van der Waals surface area contributed by atoms with Crippen LogP contribution in [0.5, 0.6) is 5.75 Å². The predicted molar refractivity (Wildman–Crippen MR) is 113 cm³/mol. The van der Waals surface area contributed by atoms with Crippen LogP contribution in [-0.4, -0.2) is 20.4 Å². The van der Waals surface area contributed by atoms with Gasteiger partial charge in [0.05, 0.1) is 4.90 Å². The lowest BCUT2D eigenvalue weighted by atomic mass is 10.0. The number of aryl methyl sites for hydroxylation is 1. The zero-order valence-corrected chi connectivity index (χ0v) is 17.7. The van der Waals surface area contributed by atoms with E-state index in [1.165, 1.54) is 24.3 Å². The summed E-state index contributed by atoms with van der Waals surface area (Å²) < 4.78 is 38.4. The van der Waals surface area contributed by atoms with E-state index in [4.69, 9.17) is 9.15 Å². The second-order valence-electron chi connectivity index (χ2n) is 7.49. The fourth-order valence-electron chi connectivity index (χ4n) is 2.93. The SMILES string of the molecule is Cc1ccc(S(=O)(=O)NC(CC(C)C)C(=O)Oc2ccc3ccc(=O)oc3c2)cc1. The van der Waals surface area contributed by atoms with Crippen molar-refractivity contribution in [2.75, 3.05) is 0 Å². The Morgan fingerprint density at radius 2 is 1.73 bits per heavy atom. The van der Waals surface area contributed by atoms with Crippen molar-refractivity contribution in [2.24, 2.45) is 5.92 Å². The lowest BCUT2D eigenvalue weighted by Crippen LogP contribution is -2.43. The van der Waals surface area contributed by atoms with Gasteiger partial charge in [-0.15, -0.1) is 0 Å². The van der Waals surface area contributed by atoms with E-state index in [1.807, 2.05) is 20.8 Å². The van der Waals surface area contributed by atoms with E-state index in [0.29, 0.717) is 5.39 Å². The molecule has 158 valence electrons. The summed E-state index contributed by atoms with van der Waals surface area (Å²) >= 11 is 0. The summed E-state index contributed by atoms with van der Waals surface area (Å²) in [4.78, 5) is 24.3. The van der Waals surface area contributed by atoms with Gasteiger partial charge < -0.3 is 9.15 Å². The third-order valence-corrected chi connectivity index (χ3v) is 5.92. The first-order valence-electron chi connectivity index (χ1n) is 9.48. The fraction of sp³-hybridized carbons (Fsp3) is 0.273. The Balaban J connectivity index is 1.83. The van der Waals surface area contributed by atoms with Crippen molar-refractivity contribution in [1.82, 2.24) is 4.72 Å². The van der Waals surface area contributed by atoms with E-state index in [1.54, 1.807) is 30.3 Å². The third-order valence-electron chi connectivity index (χ3n) is 4.43. The number of carbonyl (C=O) groups is 1. The van der Waals surface area contributed by atoms with Crippen molar-refractivity contribution < 1.29 is 22.4 Å². The zero-order valence-electron chi connectivity index (χ0n) is 16.9. The van der Waals surface area contributed by atoms with E-state index in [0.717, 1.165) is 5.56 Å². The Hall–Kier alpha value is -2.97. The van der Waals surface area contributed by atoms with Gasteiger partial charge in [0.2, 0.25) is 10.0 Å². The van der Waals surface area contributed by atoms with E-state index in [9.17, 15) is 18.0 Å². The van der Waals surface area contributed by atoms with Gasteiger partial charge in [0.25, 0.3) is 0 Å². The number of benzene rings is 2. The number of ether oxygens (including phenoxy) is 1. The van der Waals surface area contributed by atoms with Crippen LogP contribution < -0.4 is 15.1 Å². The predicted octanol–water partition coefficient (Wildman–Crippen LogP) is 3.40. The molecule has 1 unspecified atom stereocenters. The first-order valence-corrected chi connectivity index (χ1v) is 11.0. The van der Waals surface area contributed by atoms with Crippen molar-refractivity contribution in [2.45, 2.75) is 38.1 Å². The quantitative estimate of drug-likeness (QED) is 0.351. The highest BCUT2D eigenvalue weighted by Crippen LogP contribution is 2.21. The molecule has 8 heteroatoms. The summed E-state index contributed by atoms with van der Waals surface area (Å²) in [7, 11) is -3.91. The molecule has 0 spiro atoms. The number of carbonyl (C=O) groups excluding carboxylic acids is 1. The average molecular weight is 429 g/mol. The number of fused-ring (bicyclic) bond motifs is 1. The van der Waals surface area contributed by atoms with Crippen LogP contribution in [0, 0.1) is 12.8 Å². The van der Waals surface area contributed by atoms with Gasteiger partial charge in [-0.3, -0.25) is 0 Å². The normalized spacial score (nSPS) is 12.8. The van der Waals surface area contributed by atoms with Crippen molar-refractivity contribution in [3.63, 3.8) is 0 Å². The molecule has 0 aliphatic heterocycles. The number of hydrogen-bond donors (Lipinski definition) is 1. The minimum Gasteiger partial charge on any atom is -0.425 e. The Labute approximate surface area is 174 Å². The smallest absolute Gasteiger partial charge is 0.336 e. The average Bonchev–Trinajstić information content (AvgIpc) is 2.67. The first kappa shape index (κ1) is 21.7. The van der Waals surface area contributed by atoms with Crippen LogP contribution in [0.4, 0.5) is 0 Å². The molecule has 1 N–H and O–H groups in total. The van der Waals surface area contributed by atoms with Crippen LogP contribution >= 0.6 is 0 Å². The Kier molecular flexibility index (Phi) is 6.38. The summed E-state index contributed by atoms with van der Waals surface area (Å²) in [5.74, 6) is -0.542. The third kappa shape index (κ3) is 5.34. The standard InChI is InChI=1S/C22H23NO6S/c1-14(2)12-19(23-30(26,27)18-9-4-15(3)5-10-18)22(25)28-17-8-6-16-7-11-21(24)29-20(16)13-17/h4-11,13-14,19,23H,12H2,1-3H3. The molecular formula is C22H23NO6S. The molecule has 2 aromatic carbocycles. The molecular weight excluding hydrogens is 406 g/mol. The van der Waals surface area contributed by atoms with Crippen LogP contribution in [0.3, 0.4) is 0 Å². The van der Waals surface area contributed by atoms with E-state index in [-0.39, 0.29) is 28.6 Å². The molecule has 1 heterocycles. The summed E-state index contributed by atoms with van der Waals surface area (Å²) in [6, 6.07) is 12.8. The molecule has 0 amide bonds. The largest absolute Gasteiger partial charge is 0.425 e. The van der Waals surface area contributed by atoms with Crippen molar-refractivity contribution in [3.05, 3.63) is 70.6 Å². The lowest BCUT2D eigenvalue weighted by Gasteiger charge is -2.19. The molecule has 0 fully saturated rings. The monoisotopic (exact) mass is 429 g/mol. The van der Waals surface area contributed by atoms with Crippen molar-refractivity contribution in [1.29, 1.82) is 0 Å². The first-order chi connectivity index (χ1) is 14.1. The molecule has 3 rings (SSSR count). The highest BCUT2D eigenvalue weighted by Gasteiger charge is 2.28. The number of sulfonamides is 1. The van der Waals surface area contributed by atoms with Crippen LogP contribution in [0.1, 0.15) is 25.8 Å². The van der Waals surface area contributed by atoms with Crippen molar-refractivity contribution in [3.8, 4) is 5.75 Å². The number of hydrogen-bond acceptors (Lipinski definition) is 6. The molecule has 0 bridgehead atoms. The molecule has 30 heavy (non-hydrogen) atoms. The van der Waals surface area contributed by atoms with Crippen LogP contribution in [0.25, 0.3) is 11.0 Å². The summed E-state index contributed by atoms with van der Waals surface area (Å²) in [5.41, 5.74) is 0.679. The highest BCUT2D eigenvalue weighted by atomic mass is 32.2. The highest BCUT2D eigenvalue weighted by molar-refractivity contribution is 7.89. The molecule has 0 saturated carbocycles. The maximum absolute atomic E-state index is 12.8. The molecule has 3 aromatic rings. The Morgan fingerprint density at radius 3 is 2.40 bits per heavy atom. The summed E-state index contributed by atoms with van der Waals surface area (Å²) in [6.07, 6.45) is 0.257. The fourth-order valence-corrected chi connectivity index (χ4v) is 4.13. The van der Waals surface area contributed by atoms with Gasteiger partial charge in [0.15, 0.2) is 0 Å². The second-order valence-corrected chi connectivity index (χ2v) is 9.21. The number of rotatable bonds is 7.